The molecule has 5 rings (SSSR count). The van der Waals surface area contributed by atoms with Crippen LogP contribution in [0.4, 0.5) is 17.5 Å². The van der Waals surface area contributed by atoms with Gasteiger partial charge in [0.15, 0.2) is 0 Å². The first-order valence-electron chi connectivity index (χ1n) is 11.7. The van der Waals surface area contributed by atoms with E-state index in [1.165, 1.54) is 5.56 Å². The molecule has 2 heterocycles. The van der Waals surface area contributed by atoms with Crippen LogP contribution in [0.15, 0.2) is 72.8 Å². The van der Waals surface area contributed by atoms with Gasteiger partial charge < -0.3 is 15.4 Å². The third-order valence-corrected chi connectivity index (χ3v) is 6.32. The second-order valence-corrected chi connectivity index (χ2v) is 9.06. The van der Waals surface area contributed by atoms with Gasteiger partial charge in [-0.25, -0.2) is 4.98 Å². The molecule has 0 aliphatic rings. The summed E-state index contributed by atoms with van der Waals surface area (Å²) < 4.78 is 7.07. The van der Waals surface area contributed by atoms with Crippen LogP contribution in [0.2, 0.25) is 5.02 Å². The molecule has 182 valence electrons. The topological polar surface area (TPSA) is 76.4 Å². The van der Waals surface area contributed by atoms with Gasteiger partial charge in [-0.05, 0) is 54.8 Å². The fourth-order valence-corrected chi connectivity index (χ4v) is 4.24. The minimum Gasteiger partial charge on any atom is -0.497 e. The van der Waals surface area contributed by atoms with E-state index in [0.717, 1.165) is 46.1 Å². The van der Waals surface area contributed by atoms with Crippen molar-refractivity contribution in [1.29, 1.82) is 0 Å². The van der Waals surface area contributed by atoms with Crippen LogP contribution in [0, 0.1) is 13.8 Å². The molecule has 0 spiro atoms. The van der Waals surface area contributed by atoms with Gasteiger partial charge in [0.1, 0.15) is 11.6 Å². The number of hydrogen-bond donors (Lipinski definition) is 2. The monoisotopic (exact) mass is 498 g/mol. The smallest absolute Gasteiger partial charge is 0.256 e. The molecule has 8 heteroatoms. The Morgan fingerprint density at radius 1 is 0.917 bits per heavy atom. The predicted molar refractivity (Wildman–Crippen MR) is 145 cm³/mol. The van der Waals surface area contributed by atoms with Gasteiger partial charge in [0.05, 0.1) is 7.11 Å². The van der Waals surface area contributed by atoms with Crippen LogP contribution in [0.25, 0.3) is 5.78 Å². The van der Waals surface area contributed by atoms with Crippen molar-refractivity contribution in [2.45, 2.75) is 26.8 Å². The van der Waals surface area contributed by atoms with Crippen LogP contribution in [0.5, 0.6) is 5.75 Å². The lowest BCUT2D eigenvalue weighted by Gasteiger charge is -2.15. The Bertz CT molecular complexity index is 1500. The number of nitrogens with one attached hydrogen (secondary N) is 2. The summed E-state index contributed by atoms with van der Waals surface area (Å²) in [5.74, 6) is 2.66. The molecule has 2 aromatic heterocycles. The molecule has 5 aromatic rings. The largest absolute Gasteiger partial charge is 0.497 e. The zero-order valence-electron chi connectivity index (χ0n) is 20.4. The normalized spacial score (nSPS) is 11.0. The number of halogens is 1. The number of aryl methyl sites for hydroxylation is 2. The van der Waals surface area contributed by atoms with Gasteiger partial charge >= 0.3 is 0 Å². The van der Waals surface area contributed by atoms with E-state index in [2.05, 4.69) is 27.8 Å². The second-order valence-electron chi connectivity index (χ2n) is 8.62. The minimum atomic E-state index is 0.455. The lowest BCUT2D eigenvalue weighted by molar-refractivity contribution is 0.414. The van der Waals surface area contributed by atoms with Gasteiger partial charge in [0.25, 0.3) is 5.78 Å². The van der Waals surface area contributed by atoms with Crippen LogP contribution in [-0.2, 0) is 13.0 Å². The Morgan fingerprint density at radius 3 is 2.44 bits per heavy atom. The van der Waals surface area contributed by atoms with Crippen molar-refractivity contribution < 1.29 is 4.74 Å². The molecular formula is C28H27ClN6O. The molecule has 0 saturated carbocycles. The summed E-state index contributed by atoms with van der Waals surface area (Å²) in [5.41, 5.74) is 6.19. The first-order chi connectivity index (χ1) is 17.5. The number of anilines is 3. The molecule has 0 saturated heterocycles. The predicted octanol–water partition coefficient (Wildman–Crippen LogP) is 6.35. The third-order valence-electron chi connectivity index (χ3n) is 6.08. The van der Waals surface area contributed by atoms with Crippen molar-refractivity contribution in [2.75, 3.05) is 17.7 Å². The molecule has 0 bridgehead atoms. The highest BCUT2D eigenvalue weighted by Crippen LogP contribution is 2.27. The fourth-order valence-electron chi connectivity index (χ4n) is 4.07. The van der Waals surface area contributed by atoms with Crippen LogP contribution in [-0.4, -0.2) is 26.7 Å². The average Bonchev–Trinajstić information content (AvgIpc) is 3.28. The maximum atomic E-state index is 6.21. The fraction of sp³-hybridized carbons (Fsp3) is 0.179. The Labute approximate surface area is 215 Å². The van der Waals surface area contributed by atoms with E-state index in [4.69, 9.17) is 26.4 Å². The van der Waals surface area contributed by atoms with E-state index < -0.39 is 0 Å². The maximum absolute atomic E-state index is 6.21. The molecule has 0 aliphatic carbocycles. The lowest BCUT2D eigenvalue weighted by Crippen LogP contribution is -2.12. The highest BCUT2D eigenvalue weighted by Gasteiger charge is 2.17. The number of methoxy groups -OCH3 is 1. The summed E-state index contributed by atoms with van der Waals surface area (Å²) in [4.78, 5) is 9.44. The number of nitrogens with zero attached hydrogens (tertiary/aromatic N) is 4. The summed E-state index contributed by atoms with van der Waals surface area (Å²) in [6.45, 7) is 4.64. The second kappa shape index (κ2) is 10.3. The van der Waals surface area contributed by atoms with Crippen molar-refractivity contribution in [1.82, 2.24) is 19.6 Å². The lowest BCUT2D eigenvalue weighted by atomic mass is 10.0. The number of benzene rings is 3. The van der Waals surface area contributed by atoms with Crippen molar-refractivity contribution >= 4 is 34.8 Å². The van der Waals surface area contributed by atoms with Gasteiger partial charge in [0, 0.05) is 34.9 Å². The van der Waals surface area contributed by atoms with E-state index >= 15 is 0 Å². The number of fused-ring (bicyclic) bond motifs is 1. The highest BCUT2D eigenvalue weighted by molar-refractivity contribution is 6.30. The standard InChI is InChI=1S/C28H27ClN6O/c1-18-9-12-22(29)16-25(18)32-27-33-28-31-19(2)24(15-20-7-5-4-6-8-20)26(35(28)34-27)30-17-21-10-13-23(36-3)14-11-21/h4-14,16,30H,15,17H2,1-3H3,(H,32,34). The first kappa shape index (κ1) is 23.6. The van der Waals surface area contributed by atoms with Crippen LogP contribution < -0.4 is 15.4 Å². The average molecular weight is 499 g/mol. The molecule has 36 heavy (non-hydrogen) atoms. The summed E-state index contributed by atoms with van der Waals surface area (Å²) in [5, 5.41) is 12.3. The van der Waals surface area contributed by atoms with Crippen LogP contribution >= 0.6 is 11.6 Å². The molecule has 0 atom stereocenters. The Balaban J connectivity index is 1.54. The van der Waals surface area contributed by atoms with Gasteiger partial charge in [-0.1, -0.05) is 60.1 Å². The molecule has 2 N–H and O–H groups in total. The van der Waals surface area contributed by atoms with E-state index in [-0.39, 0.29) is 0 Å². The van der Waals surface area contributed by atoms with E-state index in [1.54, 1.807) is 11.6 Å². The Hall–Kier alpha value is -4.10. The number of ether oxygens (including phenoxy) is 1. The Morgan fingerprint density at radius 2 is 1.69 bits per heavy atom. The zero-order valence-corrected chi connectivity index (χ0v) is 21.2. The maximum Gasteiger partial charge on any atom is 0.256 e. The Kier molecular flexibility index (Phi) is 6.73. The first-order valence-corrected chi connectivity index (χ1v) is 12.1. The molecule has 0 fully saturated rings. The number of rotatable bonds is 8. The molecule has 0 radical (unpaired) electrons. The summed E-state index contributed by atoms with van der Waals surface area (Å²) in [7, 11) is 1.67. The highest BCUT2D eigenvalue weighted by atomic mass is 35.5. The minimum absolute atomic E-state index is 0.455. The molecule has 3 aromatic carbocycles. The zero-order chi connectivity index (χ0) is 25.1. The van der Waals surface area contributed by atoms with Crippen molar-refractivity contribution in [3.05, 3.63) is 106 Å². The molecular weight excluding hydrogens is 472 g/mol. The van der Waals surface area contributed by atoms with Gasteiger partial charge in [-0.15, -0.1) is 5.10 Å². The van der Waals surface area contributed by atoms with Crippen LogP contribution in [0.3, 0.4) is 0 Å². The number of aromatic nitrogens is 4. The van der Waals surface area contributed by atoms with E-state index in [1.807, 2.05) is 74.5 Å². The van der Waals surface area contributed by atoms with Crippen molar-refractivity contribution in [3.8, 4) is 5.75 Å². The van der Waals surface area contributed by atoms with Gasteiger partial charge in [-0.2, -0.15) is 9.50 Å². The van der Waals surface area contributed by atoms with Gasteiger partial charge in [-0.3, -0.25) is 0 Å². The van der Waals surface area contributed by atoms with Crippen molar-refractivity contribution in [3.63, 3.8) is 0 Å². The summed E-state index contributed by atoms with van der Waals surface area (Å²) in [6.07, 6.45) is 0.719. The summed E-state index contributed by atoms with van der Waals surface area (Å²) >= 11 is 6.21. The molecule has 0 amide bonds. The molecule has 7 nitrogen and oxygen atoms in total. The molecule has 0 aliphatic heterocycles. The van der Waals surface area contributed by atoms with Crippen molar-refractivity contribution in [2.24, 2.45) is 0 Å². The van der Waals surface area contributed by atoms with E-state index in [9.17, 15) is 0 Å². The number of hydrogen-bond acceptors (Lipinski definition) is 6. The summed E-state index contributed by atoms with van der Waals surface area (Å²) in [6, 6.07) is 24.1. The quantitative estimate of drug-likeness (QED) is 0.259. The molecule has 0 unspecified atom stereocenters. The SMILES string of the molecule is COc1ccc(CNc2c(Cc3ccccc3)c(C)nc3nc(Nc4cc(Cl)ccc4C)nn23)cc1. The van der Waals surface area contributed by atoms with Crippen LogP contribution in [0.1, 0.15) is 27.9 Å². The third kappa shape index (κ3) is 5.11. The van der Waals surface area contributed by atoms with E-state index in [0.29, 0.717) is 23.3 Å². The van der Waals surface area contributed by atoms with Gasteiger partial charge in [0.2, 0.25) is 5.95 Å².